The van der Waals surface area contributed by atoms with Crippen LogP contribution >= 0.6 is 0 Å². The van der Waals surface area contributed by atoms with Crippen molar-refractivity contribution in [2.45, 2.75) is 127 Å². The predicted molar refractivity (Wildman–Crippen MR) is 193 cm³/mol. The van der Waals surface area contributed by atoms with Gasteiger partial charge in [-0.3, -0.25) is 19.4 Å². The molecule has 0 heterocycles. The molecule has 0 aliphatic heterocycles. The average molecular weight is 643 g/mol. The summed E-state index contributed by atoms with van der Waals surface area (Å²) in [5.74, 6) is 0.508. The average Bonchev–Trinajstić information content (AvgIpc) is 3.07. The fraction of sp³-hybridized carbons (Fsp3) is 0.684. The molecule has 1 aromatic rings. The SMILES string of the molecule is CCC(=O)CO.CCCN(CCC(C)CC)C(=O)CN=C1CCCC/C1=C(/N)C(=O)N(CCC)CCC.Cc1cccc(C)c1C. The molecule has 262 valence electrons. The highest BCUT2D eigenvalue weighted by Crippen LogP contribution is 2.24. The van der Waals surface area contributed by atoms with Gasteiger partial charge in [0, 0.05) is 43.9 Å². The Morgan fingerprint density at radius 2 is 1.41 bits per heavy atom. The van der Waals surface area contributed by atoms with Gasteiger partial charge in [0.2, 0.25) is 5.91 Å². The second kappa shape index (κ2) is 25.1. The third kappa shape index (κ3) is 16.5. The first-order valence-corrected chi connectivity index (χ1v) is 17.7. The van der Waals surface area contributed by atoms with Crippen LogP contribution in [0.3, 0.4) is 0 Å². The minimum absolute atomic E-state index is 0.0751. The lowest BCUT2D eigenvalue weighted by atomic mass is 9.90. The molecule has 2 amide bonds. The molecule has 1 aliphatic rings. The molecule has 0 aromatic heterocycles. The highest BCUT2D eigenvalue weighted by atomic mass is 16.3. The molecule has 1 unspecified atom stereocenters. The van der Waals surface area contributed by atoms with Crippen molar-refractivity contribution >= 4 is 23.3 Å². The van der Waals surface area contributed by atoms with Gasteiger partial charge in [-0.15, -0.1) is 0 Å². The van der Waals surface area contributed by atoms with Gasteiger partial charge in [-0.05, 0) is 94.7 Å². The summed E-state index contributed by atoms with van der Waals surface area (Å²) in [5.41, 5.74) is 12.6. The van der Waals surface area contributed by atoms with Crippen molar-refractivity contribution in [3.63, 3.8) is 0 Å². The van der Waals surface area contributed by atoms with Gasteiger partial charge >= 0.3 is 0 Å². The van der Waals surface area contributed by atoms with Crippen LogP contribution in [0.15, 0.2) is 34.5 Å². The third-order valence-corrected chi connectivity index (χ3v) is 8.55. The monoisotopic (exact) mass is 643 g/mol. The fourth-order valence-corrected chi connectivity index (χ4v) is 4.99. The van der Waals surface area contributed by atoms with Crippen molar-refractivity contribution in [1.82, 2.24) is 9.80 Å². The number of ketones is 1. The lowest BCUT2D eigenvalue weighted by Crippen LogP contribution is -2.37. The second-order valence-electron chi connectivity index (χ2n) is 12.4. The molecule has 8 nitrogen and oxygen atoms in total. The molecule has 1 fully saturated rings. The van der Waals surface area contributed by atoms with E-state index in [4.69, 9.17) is 10.8 Å². The number of hydrogen-bond acceptors (Lipinski definition) is 6. The van der Waals surface area contributed by atoms with E-state index in [1.54, 1.807) is 6.92 Å². The molecule has 1 atom stereocenters. The van der Waals surface area contributed by atoms with Gasteiger partial charge in [0.05, 0.1) is 0 Å². The van der Waals surface area contributed by atoms with Crippen LogP contribution in [-0.4, -0.2) is 77.5 Å². The summed E-state index contributed by atoms with van der Waals surface area (Å²) in [6, 6.07) is 6.38. The molecular weight excluding hydrogens is 576 g/mol. The van der Waals surface area contributed by atoms with Crippen LogP contribution in [0.1, 0.15) is 122 Å². The predicted octanol–water partition coefficient (Wildman–Crippen LogP) is 7.11. The highest BCUT2D eigenvalue weighted by molar-refractivity contribution is 6.08. The first-order valence-electron chi connectivity index (χ1n) is 17.7. The number of nitrogens with zero attached hydrogens (tertiary/aromatic N) is 3. The van der Waals surface area contributed by atoms with E-state index < -0.39 is 0 Å². The molecule has 0 bridgehead atoms. The van der Waals surface area contributed by atoms with Crippen molar-refractivity contribution in [1.29, 1.82) is 0 Å². The lowest BCUT2D eigenvalue weighted by molar-refractivity contribution is -0.130. The molecule has 0 radical (unpaired) electrons. The van der Waals surface area contributed by atoms with Crippen LogP contribution in [-0.2, 0) is 14.4 Å². The molecule has 1 aliphatic carbocycles. The number of benzene rings is 1. The Hall–Kier alpha value is -3.00. The molecule has 1 aromatic carbocycles. The Kier molecular flexibility index (Phi) is 23.5. The van der Waals surface area contributed by atoms with Crippen LogP contribution < -0.4 is 5.73 Å². The zero-order chi connectivity index (χ0) is 35.1. The molecule has 1 saturated carbocycles. The topological polar surface area (TPSA) is 116 Å². The van der Waals surface area contributed by atoms with E-state index in [1.807, 2.05) is 9.80 Å². The number of aliphatic hydroxyl groups excluding tert-OH is 1. The number of aliphatic hydroxyl groups is 1. The summed E-state index contributed by atoms with van der Waals surface area (Å²) in [4.78, 5) is 44.3. The Labute approximate surface area is 280 Å². The number of rotatable bonds is 15. The largest absolute Gasteiger partial charge is 0.394 e. The number of aliphatic imine (C=N–C) groups is 1. The Balaban J connectivity index is 0.00000110. The van der Waals surface area contributed by atoms with Crippen molar-refractivity contribution in [2.75, 3.05) is 39.3 Å². The van der Waals surface area contributed by atoms with Gasteiger partial charge in [-0.25, -0.2) is 0 Å². The van der Waals surface area contributed by atoms with E-state index in [0.29, 0.717) is 31.1 Å². The molecule has 3 N–H and O–H groups in total. The third-order valence-electron chi connectivity index (χ3n) is 8.55. The van der Waals surface area contributed by atoms with E-state index in [2.05, 4.69) is 78.6 Å². The standard InChI is InChI=1S/C25H46N4O2.C9H12.C4H8O2/c1-6-15-28(18-14-20(5)9-4)23(30)19-27-22-13-11-10-12-21(22)24(26)25(31)29(16-7-2)17-8-3;1-7-5-4-6-8(2)9(7)3;1-2-4(6)3-5/h20H,6-19,26H2,1-5H3;4-6H,1-3H3;5H,2-3H2,1H3/b24-21-,27-22?;;. The Bertz CT molecular complexity index is 1080. The summed E-state index contributed by atoms with van der Waals surface area (Å²) < 4.78 is 0. The zero-order valence-corrected chi connectivity index (χ0v) is 30.7. The van der Waals surface area contributed by atoms with Gasteiger partial charge < -0.3 is 20.6 Å². The minimum atomic E-state index is -0.309. The molecule has 8 heteroatoms. The number of aryl methyl sites for hydroxylation is 2. The lowest BCUT2D eigenvalue weighted by Gasteiger charge is -2.26. The number of allylic oxidation sites excluding steroid dienone is 1. The van der Waals surface area contributed by atoms with Crippen molar-refractivity contribution in [3.05, 3.63) is 46.2 Å². The van der Waals surface area contributed by atoms with Gasteiger partial charge in [0.15, 0.2) is 5.78 Å². The number of Topliss-reactive ketones (excluding diaryl/α,β-unsaturated/α-hetero) is 1. The van der Waals surface area contributed by atoms with E-state index in [9.17, 15) is 14.4 Å². The van der Waals surface area contributed by atoms with Gasteiger partial charge in [-0.2, -0.15) is 0 Å². The normalized spacial score (nSPS) is 15.1. The van der Waals surface area contributed by atoms with Crippen molar-refractivity contribution in [2.24, 2.45) is 16.6 Å². The van der Waals surface area contributed by atoms with Crippen LogP contribution in [0.2, 0.25) is 0 Å². The molecule has 2 rings (SSSR count). The number of hydrogen-bond donors (Lipinski definition) is 2. The number of carbonyl (C=O) groups is 3. The van der Waals surface area contributed by atoms with Crippen LogP contribution in [0.5, 0.6) is 0 Å². The van der Waals surface area contributed by atoms with Gasteiger partial charge in [0.25, 0.3) is 5.91 Å². The quantitative estimate of drug-likeness (QED) is 0.198. The second-order valence-corrected chi connectivity index (χ2v) is 12.4. The number of carbonyl (C=O) groups excluding carboxylic acids is 3. The molecule has 46 heavy (non-hydrogen) atoms. The summed E-state index contributed by atoms with van der Waals surface area (Å²) in [7, 11) is 0. The number of amides is 2. The van der Waals surface area contributed by atoms with Gasteiger partial charge in [0.1, 0.15) is 18.8 Å². The fourth-order valence-electron chi connectivity index (χ4n) is 4.99. The molecule has 0 spiro atoms. The van der Waals surface area contributed by atoms with E-state index in [0.717, 1.165) is 82.2 Å². The zero-order valence-electron chi connectivity index (χ0n) is 30.7. The van der Waals surface area contributed by atoms with Crippen LogP contribution in [0.4, 0.5) is 0 Å². The molecule has 0 saturated heterocycles. The summed E-state index contributed by atoms with van der Waals surface area (Å²) in [6.45, 7) is 21.7. The van der Waals surface area contributed by atoms with Crippen molar-refractivity contribution < 1.29 is 19.5 Å². The first kappa shape index (κ1) is 43.0. The Morgan fingerprint density at radius 1 is 0.870 bits per heavy atom. The van der Waals surface area contributed by atoms with Gasteiger partial charge in [-0.1, -0.05) is 66.2 Å². The maximum absolute atomic E-state index is 13.0. The first-order chi connectivity index (χ1) is 21.9. The summed E-state index contributed by atoms with van der Waals surface area (Å²) in [6.07, 6.45) is 8.95. The summed E-state index contributed by atoms with van der Waals surface area (Å²) in [5, 5.41) is 7.99. The van der Waals surface area contributed by atoms with Crippen LogP contribution in [0.25, 0.3) is 0 Å². The van der Waals surface area contributed by atoms with E-state index >= 15 is 0 Å². The maximum atomic E-state index is 13.0. The smallest absolute Gasteiger partial charge is 0.270 e. The Morgan fingerprint density at radius 3 is 1.87 bits per heavy atom. The minimum Gasteiger partial charge on any atom is -0.394 e. The summed E-state index contributed by atoms with van der Waals surface area (Å²) >= 11 is 0. The maximum Gasteiger partial charge on any atom is 0.270 e. The molecular formula is C38H66N4O4. The van der Waals surface area contributed by atoms with Crippen molar-refractivity contribution in [3.8, 4) is 0 Å². The highest BCUT2D eigenvalue weighted by Gasteiger charge is 2.24. The van der Waals surface area contributed by atoms with Crippen LogP contribution in [0, 0.1) is 26.7 Å². The van der Waals surface area contributed by atoms with E-state index in [-0.39, 0.29) is 30.7 Å². The number of nitrogens with two attached hydrogens (primary N) is 1. The van der Waals surface area contributed by atoms with E-state index in [1.165, 1.54) is 16.7 Å².